The maximum atomic E-state index is 8.70. The van der Waals surface area contributed by atoms with Crippen LogP contribution in [0.5, 0.6) is 0 Å². The summed E-state index contributed by atoms with van der Waals surface area (Å²) in [6, 6.07) is 12.9. The Kier molecular flexibility index (Phi) is 4.47. The minimum Gasteiger partial charge on any atom is -0.305 e. The topological polar surface area (TPSA) is 23.9 Å². The molecule has 0 heterocycles. The van der Waals surface area contributed by atoms with Gasteiger partial charge in [0.05, 0.1) is 0 Å². The van der Waals surface area contributed by atoms with Gasteiger partial charge in [0.15, 0.2) is 0 Å². The Morgan fingerprint density at radius 1 is 1.09 bits per heavy atom. The lowest BCUT2D eigenvalue weighted by atomic mass is 9.85. The van der Waals surface area contributed by atoms with Crippen LogP contribution >= 0.6 is 0 Å². The highest BCUT2D eigenvalue weighted by molar-refractivity contribution is 6.11. The van der Waals surface area contributed by atoms with Crippen molar-refractivity contribution in [2.45, 2.75) is 46.0 Å². The first-order valence-electron chi connectivity index (χ1n) is 8.58. The highest BCUT2D eigenvalue weighted by Gasteiger charge is 2.22. The molecule has 0 fully saturated rings. The third kappa shape index (κ3) is 3.01. The van der Waals surface area contributed by atoms with E-state index in [0.717, 1.165) is 30.5 Å². The van der Waals surface area contributed by atoms with E-state index in [0.29, 0.717) is 5.92 Å². The van der Waals surface area contributed by atoms with Gasteiger partial charge in [0.2, 0.25) is 0 Å². The van der Waals surface area contributed by atoms with Crippen LogP contribution < -0.4 is 0 Å². The second-order valence-corrected chi connectivity index (χ2v) is 6.61. The van der Waals surface area contributed by atoms with Gasteiger partial charge in [-0.3, -0.25) is 0 Å². The molecular formula is C22H25N. The summed E-state index contributed by atoms with van der Waals surface area (Å²) in [5.41, 5.74) is 5.93. The molecule has 0 amide bonds. The number of allylic oxidation sites excluding steroid dienone is 4. The van der Waals surface area contributed by atoms with Crippen LogP contribution in [0.4, 0.5) is 0 Å². The quantitative estimate of drug-likeness (QED) is 0.619. The van der Waals surface area contributed by atoms with Gasteiger partial charge < -0.3 is 5.41 Å². The summed E-state index contributed by atoms with van der Waals surface area (Å²) in [6.07, 6.45) is 7.66. The summed E-state index contributed by atoms with van der Waals surface area (Å²) < 4.78 is 0. The largest absolute Gasteiger partial charge is 0.305 e. The fraction of sp³-hybridized carbons (Fsp3) is 0.318. The molecule has 1 aliphatic carbocycles. The Hall–Kier alpha value is -2.15. The third-order valence-corrected chi connectivity index (χ3v) is 4.75. The SMILES string of the molecule is CCCCC(=N)c1c(C2C=C(C)C=C2C)ccc2ccccc12. The number of fused-ring (bicyclic) bond motifs is 1. The molecule has 2 aromatic carbocycles. The Morgan fingerprint density at radius 3 is 2.57 bits per heavy atom. The number of unbranched alkanes of at least 4 members (excludes halogenated alkanes) is 1. The molecule has 1 nitrogen and oxygen atoms in total. The van der Waals surface area contributed by atoms with Crippen LogP contribution in [-0.2, 0) is 0 Å². The maximum Gasteiger partial charge on any atom is 0.0395 e. The zero-order valence-electron chi connectivity index (χ0n) is 14.3. The minimum absolute atomic E-state index is 0.316. The molecule has 1 atom stereocenters. The molecule has 23 heavy (non-hydrogen) atoms. The van der Waals surface area contributed by atoms with Gasteiger partial charge in [-0.1, -0.05) is 73.0 Å². The Labute approximate surface area is 139 Å². The van der Waals surface area contributed by atoms with E-state index in [2.05, 4.69) is 69.3 Å². The van der Waals surface area contributed by atoms with Crippen molar-refractivity contribution < 1.29 is 0 Å². The lowest BCUT2D eigenvalue weighted by Crippen LogP contribution is -2.08. The van der Waals surface area contributed by atoms with E-state index in [9.17, 15) is 0 Å². The maximum absolute atomic E-state index is 8.70. The van der Waals surface area contributed by atoms with E-state index in [4.69, 9.17) is 5.41 Å². The first-order valence-corrected chi connectivity index (χ1v) is 8.58. The Morgan fingerprint density at radius 2 is 1.87 bits per heavy atom. The minimum atomic E-state index is 0.316. The summed E-state index contributed by atoms with van der Waals surface area (Å²) in [4.78, 5) is 0. The number of nitrogens with one attached hydrogen (secondary N) is 1. The van der Waals surface area contributed by atoms with Crippen molar-refractivity contribution in [2.24, 2.45) is 0 Å². The molecule has 0 aromatic heterocycles. The van der Waals surface area contributed by atoms with Gasteiger partial charge in [-0.2, -0.15) is 0 Å². The molecule has 0 spiro atoms. The normalized spacial score (nSPS) is 17.3. The zero-order chi connectivity index (χ0) is 16.4. The Bertz CT molecular complexity index is 808. The second kappa shape index (κ2) is 6.54. The number of rotatable bonds is 5. The average Bonchev–Trinajstić information content (AvgIpc) is 2.89. The summed E-state index contributed by atoms with van der Waals surface area (Å²) in [5, 5.41) is 11.1. The molecule has 0 saturated carbocycles. The number of hydrogen-bond acceptors (Lipinski definition) is 1. The first kappa shape index (κ1) is 15.7. The van der Waals surface area contributed by atoms with Crippen LogP contribution in [-0.4, -0.2) is 5.71 Å². The molecule has 3 rings (SSSR count). The molecule has 1 aliphatic rings. The molecule has 0 saturated heterocycles. The predicted molar refractivity (Wildman–Crippen MR) is 101 cm³/mol. The van der Waals surface area contributed by atoms with Crippen molar-refractivity contribution in [3.05, 3.63) is 70.8 Å². The third-order valence-electron chi connectivity index (χ3n) is 4.75. The van der Waals surface area contributed by atoms with Gasteiger partial charge in [-0.05, 0) is 43.0 Å². The standard InChI is InChI=1S/C22H25N/c1-4-5-10-21(23)22-18-9-7-6-8-17(18)11-12-19(22)20-14-15(2)13-16(20)3/h6-9,11-14,20,23H,4-5,10H2,1-3H3. The summed E-state index contributed by atoms with van der Waals surface area (Å²) >= 11 is 0. The predicted octanol–water partition coefficient (Wildman–Crippen LogP) is 6.39. The van der Waals surface area contributed by atoms with Gasteiger partial charge in [-0.25, -0.2) is 0 Å². The molecule has 0 aliphatic heterocycles. The van der Waals surface area contributed by atoms with E-state index in [-0.39, 0.29) is 0 Å². The van der Waals surface area contributed by atoms with E-state index in [1.807, 2.05) is 0 Å². The zero-order valence-corrected chi connectivity index (χ0v) is 14.3. The highest BCUT2D eigenvalue weighted by atomic mass is 14.4. The molecule has 1 N–H and O–H groups in total. The van der Waals surface area contributed by atoms with E-state index in [1.165, 1.54) is 27.5 Å². The smallest absolute Gasteiger partial charge is 0.0395 e. The highest BCUT2D eigenvalue weighted by Crippen LogP contribution is 2.37. The van der Waals surface area contributed by atoms with Gasteiger partial charge >= 0.3 is 0 Å². The fourth-order valence-electron chi connectivity index (χ4n) is 3.59. The van der Waals surface area contributed by atoms with Crippen LogP contribution in [0.2, 0.25) is 0 Å². The monoisotopic (exact) mass is 303 g/mol. The second-order valence-electron chi connectivity index (χ2n) is 6.61. The van der Waals surface area contributed by atoms with E-state index in [1.54, 1.807) is 0 Å². The van der Waals surface area contributed by atoms with Crippen LogP contribution in [0.25, 0.3) is 10.8 Å². The van der Waals surface area contributed by atoms with Crippen molar-refractivity contribution in [3.8, 4) is 0 Å². The molecule has 2 aromatic rings. The molecule has 118 valence electrons. The summed E-state index contributed by atoms with van der Waals surface area (Å²) in [6.45, 7) is 6.55. The lowest BCUT2D eigenvalue weighted by molar-refractivity contribution is 0.832. The van der Waals surface area contributed by atoms with Crippen molar-refractivity contribution in [3.63, 3.8) is 0 Å². The first-order chi connectivity index (χ1) is 11.1. The van der Waals surface area contributed by atoms with Crippen molar-refractivity contribution in [2.75, 3.05) is 0 Å². The Balaban J connectivity index is 2.18. The van der Waals surface area contributed by atoms with E-state index < -0.39 is 0 Å². The van der Waals surface area contributed by atoms with Crippen molar-refractivity contribution in [1.82, 2.24) is 0 Å². The van der Waals surface area contributed by atoms with Gasteiger partial charge in [0.25, 0.3) is 0 Å². The van der Waals surface area contributed by atoms with Crippen LogP contribution in [0.3, 0.4) is 0 Å². The van der Waals surface area contributed by atoms with Crippen molar-refractivity contribution in [1.29, 1.82) is 5.41 Å². The molecular weight excluding hydrogens is 278 g/mol. The van der Waals surface area contributed by atoms with E-state index >= 15 is 0 Å². The summed E-state index contributed by atoms with van der Waals surface area (Å²) in [5.74, 6) is 0.316. The van der Waals surface area contributed by atoms with Gasteiger partial charge in [0.1, 0.15) is 0 Å². The van der Waals surface area contributed by atoms with Crippen LogP contribution in [0, 0.1) is 5.41 Å². The van der Waals surface area contributed by atoms with Crippen molar-refractivity contribution >= 4 is 16.5 Å². The molecule has 0 radical (unpaired) electrons. The van der Waals surface area contributed by atoms with Crippen LogP contribution in [0.1, 0.15) is 57.1 Å². The lowest BCUT2D eigenvalue weighted by Gasteiger charge is -2.19. The van der Waals surface area contributed by atoms with Gasteiger partial charge in [0, 0.05) is 17.2 Å². The molecule has 1 heteroatoms. The molecule has 1 unspecified atom stereocenters. The summed E-state index contributed by atoms with van der Waals surface area (Å²) in [7, 11) is 0. The number of hydrogen-bond donors (Lipinski definition) is 1. The average molecular weight is 303 g/mol. The van der Waals surface area contributed by atoms with Crippen LogP contribution in [0.15, 0.2) is 59.7 Å². The number of benzene rings is 2. The molecule has 0 bridgehead atoms. The van der Waals surface area contributed by atoms with Gasteiger partial charge in [-0.15, -0.1) is 0 Å². The fourth-order valence-corrected chi connectivity index (χ4v) is 3.59.